The van der Waals surface area contributed by atoms with Gasteiger partial charge in [-0.1, -0.05) is 0 Å². The quantitative estimate of drug-likeness (QED) is 0.593. The number of nitrogens with zero attached hydrogens (tertiary/aromatic N) is 1. The van der Waals surface area contributed by atoms with Gasteiger partial charge < -0.3 is 15.1 Å². The Bertz CT molecular complexity index is 121. The Morgan fingerprint density at radius 1 is 1.45 bits per heavy atom. The van der Waals surface area contributed by atoms with E-state index in [4.69, 9.17) is 5.11 Å². The summed E-state index contributed by atoms with van der Waals surface area (Å²) in [4.78, 5) is 2.28. The van der Waals surface area contributed by atoms with Crippen molar-refractivity contribution in [2.45, 2.75) is 26.0 Å². The molecule has 0 saturated carbocycles. The lowest BCUT2D eigenvalue weighted by Crippen LogP contribution is -2.55. The third-order valence-electron chi connectivity index (χ3n) is 2.40. The van der Waals surface area contributed by atoms with Crippen molar-refractivity contribution in [1.29, 1.82) is 0 Å². The maximum absolute atomic E-state index is 9.20. The van der Waals surface area contributed by atoms with Gasteiger partial charge in [0.15, 0.2) is 0 Å². The molecule has 1 atom stereocenters. The molecule has 0 radical (unpaired) electrons. The van der Waals surface area contributed by atoms with E-state index < -0.39 is 6.10 Å². The van der Waals surface area contributed by atoms with Crippen LogP contribution in [0.15, 0.2) is 0 Å². The summed E-state index contributed by atoms with van der Waals surface area (Å²) < 4.78 is 0. The summed E-state index contributed by atoms with van der Waals surface area (Å²) in [5.74, 6) is 0.294. The SMILES string of the molecule is CC(C)N1CC([C@H](O)CO)C1. The van der Waals surface area contributed by atoms with Gasteiger partial charge in [-0.2, -0.15) is 0 Å². The van der Waals surface area contributed by atoms with Crippen LogP contribution in [0.3, 0.4) is 0 Å². The van der Waals surface area contributed by atoms with Crippen molar-refractivity contribution in [3.05, 3.63) is 0 Å². The van der Waals surface area contributed by atoms with E-state index in [9.17, 15) is 5.11 Å². The molecule has 0 unspecified atom stereocenters. The van der Waals surface area contributed by atoms with Gasteiger partial charge in [-0.05, 0) is 13.8 Å². The predicted molar refractivity (Wildman–Crippen MR) is 43.3 cm³/mol. The molecule has 1 fully saturated rings. The van der Waals surface area contributed by atoms with E-state index in [0.717, 1.165) is 13.1 Å². The molecule has 66 valence electrons. The predicted octanol–water partition coefficient (Wildman–Crippen LogP) is -0.320. The smallest absolute Gasteiger partial charge is 0.0823 e. The first-order valence-electron chi connectivity index (χ1n) is 4.18. The van der Waals surface area contributed by atoms with Crippen molar-refractivity contribution < 1.29 is 10.2 Å². The van der Waals surface area contributed by atoms with E-state index in [1.54, 1.807) is 0 Å². The monoisotopic (exact) mass is 159 g/mol. The van der Waals surface area contributed by atoms with Crippen LogP contribution in [0.5, 0.6) is 0 Å². The molecule has 1 rings (SSSR count). The third-order valence-corrected chi connectivity index (χ3v) is 2.40. The second-order valence-corrected chi connectivity index (χ2v) is 3.56. The van der Waals surface area contributed by atoms with E-state index >= 15 is 0 Å². The number of hydrogen-bond acceptors (Lipinski definition) is 3. The number of rotatable bonds is 3. The van der Waals surface area contributed by atoms with Gasteiger partial charge in [-0.25, -0.2) is 0 Å². The Hall–Kier alpha value is -0.120. The highest BCUT2D eigenvalue weighted by molar-refractivity contribution is 4.86. The Balaban J connectivity index is 2.18. The lowest BCUT2D eigenvalue weighted by atomic mass is 9.93. The van der Waals surface area contributed by atoms with Gasteiger partial charge in [-0.3, -0.25) is 0 Å². The summed E-state index contributed by atoms with van der Waals surface area (Å²) in [6, 6.07) is 0.567. The Morgan fingerprint density at radius 3 is 2.36 bits per heavy atom. The highest BCUT2D eigenvalue weighted by atomic mass is 16.3. The minimum Gasteiger partial charge on any atom is -0.394 e. The van der Waals surface area contributed by atoms with Gasteiger partial charge >= 0.3 is 0 Å². The van der Waals surface area contributed by atoms with Crippen LogP contribution in [0.1, 0.15) is 13.8 Å². The van der Waals surface area contributed by atoms with E-state index in [0.29, 0.717) is 12.0 Å². The van der Waals surface area contributed by atoms with Crippen molar-refractivity contribution in [2.24, 2.45) is 5.92 Å². The summed E-state index contributed by atoms with van der Waals surface area (Å²) in [5, 5.41) is 17.8. The van der Waals surface area contributed by atoms with Crippen LogP contribution >= 0.6 is 0 Å². The molecule has 1 heterocycles. The summed E-state index contributed by atoms with van der Waals surface area (Å²) in [6.45, 7) is 6.04. The second kappa shape index (κ2) is 3.52. The third kappa shape index (κ3) is 1.92. The summed E-state index contributed by atoms with van der Waals surface area (Å²) in [7, 11) is 0. The largest absolute Gasteiger partial charge is 0.394 e. The first-order chi connectivity index (χ1) is 5.15. The molecular weight excluding hydrogens is 142 g/mol. The number of hydrogen-bond donors (Lipinski definition) is 2. The van der Waals surface area contributed by atoms with E-state index in [1.165, 1.54) is 0 Å². The fourth-order valence-corrected chi connectivity index (χ4v) is 1.36. The lowest BCUT2D eigenvalue weighted by molar-refractivity contribution is -0.0417. The molecular formula is C8H17NO2. The molecule has 3 heteroatoms. The lowest BCUT2D eigenvalue weighted by Gasteiger charge is -2.43. The van der Waals surface area contributed by atoms with Crippen molar-refractivity contribution in [1.82, 2.24) is 4.90 Å². The Morgan fingerprint density at radius 2 is 2.00 bits per heavy atom. The van der Waals surface area contributed by atoms with E-state index in [-0.39, 0.29) is 6.61 Å². The molecule has 2 N–H and O–H groups in total. The molecule has 0 aromatic carbocycles. The van der Waals surface area contributed by atoms with Crippen molar-refractivity contribution >= 4 is 0 Å². The van der Waals surface area contributed by atoms with Crippen LogP contribution in [0.25, 0.3) is 0 Å². The molecule has 1 aliphatic rings. The average molecular weight is 159 g/mol. The molecule has 0 bridgehead atoms. The Kier molecular flexibility index (Phi) is 2.87. The van der Waals surface area contributed by atoms with Gasteiger partial charge in [0.05, 0.1) is 12.7 Å². The molecule has 0 aromatic rings. The summed E-state index contributed by atoms with van der Waals surface area (Å²) in [6.07, 6.45) is -0.509. The van der Waals surface area contributed by atoms with Gasteiger partial charge in [0.1, 0.15) is 0 Å². The van der Waals surface area contributed by atoms with Crippen LogP contribution in [-0.2, 0) is 0 Å². The van der Waals surface area contributed by atoms with Crippen molar-refractivity contribution in [3.63, 3.8) is 0 Å². The van der Waals surface area contributed by atoms with Gasteiger partial charge in [0.25, 0.3) is 0 Å². The minimum atomic E-state index is -0.509. The fraction of sp³-hybridized carbons (Fsp3) is 1.00. The molecule has 0 spiro atoms. The minimum absolute atomic E-state index is 0.101. The van der Waals surface area contributed by atoms with Gasteiger partial charge in [-0.15, -0.1) is 0 Å². The van der Waals surface area contributed by atoms with Crippen molar-refractivity contribution in [3.8, 4) is 0 Å². The van der Waals surface area contributed by atoms with Crippen molar-refractivity contribution in [2.75, 3.05) is 19.7 Å². The van der Waals surface area contributed by atoms with Gasteiger partial charge in [0.2, 0.25) is 0 Å². The number of likely N-dealkylation sites (tertiary alicyclic amines) is 1. The number of aliphatic hydroxyl groups is 2. The fourth-order valence-electron chi connectivity index (χ4n) is 1.36. The molecule has 0 amide bonds. The summed E-state index contributed by atoms with van der Waals surface area (Å²) in [5.41, 5.74) is 0. The Labute approximate surface area is 67.6 Å². The average Bonchev–Trinajstić information content (AvgIpc) is 1.83. The van der Waals surface area contributed by atoms with Crippen LogP contribution < -0.4 is 0 Å². The topological polar surface area (TPSA) is 43.7 Å². The zero-order valence-electron chi connectivity index (χ0n) is 7.20. The highest BCUT2D eigenvalue weighted by Gasteiger charge is 2.32. The zero-order chi connectivity index (χ0) is 8.43. The molecule has 11 heavy (non-hydrogen) atoms. The van der Waals surface area contributed by atoms with Gasteiger partial charge in [0, 0.05) is 25.0 Å². The van der Waals surface area contributed by atoms with E-state index in [2.05, 4.69) is 18.7 Å². The van der Waals surface area contributed by atoms with E-state index in [1.807, 2.05) is 0 Å². The van der Waals surface area contributed by atoms with Crippen LogP contribution in [0.4, 0.5) is 0 Å². The first-order valence-corrected chi connectivity index (χ1v) is 4.18. The molecule has 0 aliphatic carbocycles. The second-order valence-electron chi connectivity index (χ2n) is 3.56. The van der Waals surface area contributed by atoms with Crippen LogP contribution in [0, 0.1) is 5.92 Å². The highest BCUT2D eigenvalue weighted by Crippen LogP contribution is 2.20. The maximum Gasteiger partial charge on any atom is 0.0823 e. The van der Waals surface area contributed by atoms with Crippen LogP contribution in [0.2, 0.25) is 0 Å². The molecule has 3 nitrogen and oxygen atoms in total. The molecule has 1 aliphatic heterocycles. The standard InChI is InChI=1S/C8H17NO2/c1-6(2)9-3-7(4-9)8(11)5-10/h6-8,10-11H,3-5H2,1-2H3/t8-/m1/s1. The first kappa shape index (κ1) is 8.97. The summed E-state index contributed by atoms with van der Waals surface area (Å²) >= 11 is 0. The number of aliphatic hydroxyl groups excluding tert-OH is 2. The molecule has 0 aromatic heterocycles. The van der Waals surface area contributed by atoms with Crippen LogP contribution in [-0.4, -0.2) is 47.0 Å². The molecule has 1 saturated heterocycles. The zero-order valence-corrected chi connectivity index (χ0v) is 7.20. The normalized spacial score (nSPS) is 23.7. The maximum atomic E-state index is 9.20.